The van der Waals surface area contributed by atoms with Gasteiger partial charge in [0.2, 0.25) is 5.91 Å². The molecule has 1 atom stereocenters. The number of carbonyl (C=O) groups excluding carboxylic acids is 1. The lowest BCUT2D eigenvalue weighted by Gasteiger charge is -2.22. The number of benzene rings is 1. The van der Waals surface area contributed by atoms with Gasteiger partial charge in [0.25, 0.3) is 0 Å². The number of nitrogens with zero attached hydrogens (tertiary/aromatic N) is 3. The first-order valence-electron chi connectivity index (χ1n) is 9.44. The SMILES string of the molecule is COCc1ccc(CN2CCCC2C(=O)Nc2cccc(-n3cccn3)c2)o1. The third kappa shape index (κ3) is 4.16. The summed E-state index contributed by atoms with van der Waals surface area (Å²) in [5.74, 6) is 1.67. The summed E-state index contributed by atoms with van der Waals surface area (Å²) in [4.78, 5) is 15.1. The number of ether oxygens (including phenoxy) is 1. The van der Waals surface area contributed by atoms with Crippen LogP contribution in [0.4, 0.5) is 5.69 Å². The average molecular weight is 380 g/mol. The lowest BCUT2D eigenvalue weighted by molar-refractivity contribution is -0.120. The molecule has 1 fully saturated rings. The van der Waals surface area contributed by atoms with E-state index in [-0.39, 0.29) is 11.9 Å². The third-order valence-corrected chi connectivity index (χ3v) is 4.91. The molecule has 7 heteroatoms. The van der Waals surface area contributed by atoms with Gasteiger partial charge in [-0.15, -0.1) is 0 Å². The van der Waals surface area contributed by atoms with Crippen molar-refractivity contribution < 1.29 is 13.9 Å². The molecule has 1 N–H and O–H groups in total. The van der Waals surface area contributed by atoms with Gasteiger partial charge >= 0.3 is 0 Å². The minimum absolute atomic E-state index is 0.0128. The molecule has 0 aliphatic carbocycles. The maximum Gasteiger partial charge on any atom is 0.241 e. The van der Waals surface area contributed by atoms with E-state index in [1.54, 1.807) is 18.0 Å². The van der Waals surface area contributed by atoms with Crippen LogP contribution in [0.5, 0.6) is 0 Å². The third-order valence-electron chi connectivity index (χ3n) is 4.91. The average Bonchev–Trinajstić information content (AvgIpc) is 3.45. The Hall–Kier alpha value is -2.90. The number of carbonyl (C=O) groups is 1. The molecule has 1 unspecified atom stereocenters. The van der Waals surface area contributed by atoms with Crippen molar-refractivity contribution in [2.75, 3.05) is 19.0 Å². The second kappa shape index (κ2) is 8.41. The Labute approximate surface area is 163 Å². The summed E-state index contributed by atoms with van der Waals surface area (Å²) in [5.41, 5.74) is 1.68. The molecule has 1 aliphatic heterocycles. The first-order valence-corrected chi connectivity index (χ1v) is 9.44. The number of rotatable bonds is 7. The number of aromatic nitrogens is 2. The van der Waals surface area contributed by atoms with Crippen LogP contribution in [-0.2, 0) is 22.7 Å². The predicted molar refractivity (Wildman–Crippen MR) is 105 cm³/mol. The van der Waals surface area contributed by atoms with E-state index in [0.717, 1.165) is 42.3 Å². The van der Waals surface area contributed by atoms with Crippen LogP contribution >= 0.6 is 0 Å². The van der Waals surface area contributed by atoms with Crippen LogP contribution < -0.4 is 5.32 Å². The van der Waals surface area contributed by atoms with E-state index in [0.29, 0.717) is 13.2 Å². The zero-order valence-electron chi connectivity index (χ0n) is 15.9. The van der Waals surface area contributed by atoms with E-state index in [9.17, 15) is 4.79 Å². The van der Waals surface area contributed by atoms with Crippen molar-refractivity contribution in [1.82, 2.24) is 14.7 Å². The van der Waals surface area contributed by atoms with Crippen molar-refractivity contribution in [2.24, 2.45) is 0 Å². The molecular formula is C21H24N4O3. The standard InChI is InChI=1S/C21H24N4O3/c1-27-15-19-9-8-18(28-19)14-24-11-3-7-20(24)21(26)23-16-5-2-6-17(13-16)25-12-4-10-22-25/h2,4-6,8-10,12-13,20H,3,7,11,14-15H2,1H3,(H,23,26). The number of methoxy groups -OCH3 is 1. The molecule has 0 radical (unpaired) electrons. The maximum atomic E-state index is 12.9. The number of amides is 1. The fraction of sp³-hybridized carbons (Fsp3) is 0.333. The van der Waals surface area contributed by atoms with Gasteiger partial charge in [0.05, 0.1) is 18.3 Å². The van der Waals surface area contributed by atoms with E-state index in [1.807, 2.05) is 48.7 Å². The highest BCUT2D eigenvalue weighted by atomic mass is 16.5. The first-order chi connectivity index (χ1) is 13.7. The topological polar surface area (TPSA) is 72.5 Å². The van der Waals surface area contributed by atoms with Crippen LogP contribution in [0.2, 0.25) is 0 Å². The van der Waals surface area contributed by atoms with Crippen LogP contribution in [0.15, 0.2) is 59.3 Å². The van der Waals surface area contributed by atoms with Crippen LogP contribution in [0.3, 0.4) is 0 Å². The number of furan rings is 1. The number of anilines is 1. The van der Waals surface area contributed by atoms with Crippen molar-refractivity contribution in [3.63, 3.8) is 0 Å². The predicted octanol–water partition coefficient (Wildman–Crippen LogP) is 3.21. The van der Waals surface area contributed by atoms with Crippen molar-refractivity contribution in [2.45, 2.75) is 32.0 Å². The van der Waals surface area contributed by atoms with Gasteiger partial charge in [-0.2, -0.15) is 5.10 Å². The van der Waals surface area contributed by atoms with Crippen molar-refractivity contribution in [1.29, 1.82) is 0 Å². The minimum Gasteiger partial charge on any atom is -0.462 e. The Bertz CT molecular complexity index is 919. The lowest BCUT2D eigenvalue weighted by Crippen LogP contribution is -2.39. The Morgan fingerprint density at radius 2 is 2.18 bits per heavy atom. The molecule has 146 valence electrons. The van der Waals surface area contributed by atoms with E-state index in [4.69, 9.17) is 9.15 Å². The summed E-state index contributed by atoms with van der Waals surface area (Å²) >= 11 is 0. The van der Waals surface area contributed by atoms with Crippen LogP contribution in [0.1, 0.15) is 24.4 Å². The van der Waals surface area contributed by atoms with Gasteiger partial charge in [-0.1, -0.05) is 6.07 Å². The van der Waals surface area contributed by atoms with Gasteiger partial charge in [-0.3, -0.25) is 9.69 Å². The molecule has 0 spiro atoms. The molecule has 3 heterocycles. The highest BCUT2D eigenvalue weighted by molar-refractivity contribution is 5.95. The highest BCUT2D eigenvalue weighted by Crippen LogP contribution is 2.23. The number of nitrogens with one attached hydrogen (secondary N) is 1. The molecule has 1 saturated heterocycles. The zero-order chi connectivity index (χ0) is 19.3. The smallest absolute Gasteiger partial charge is 0.241 e. The Kier molecular flexibility index (Phi) is 5.55. The first kappa shape index (κ1) is 18.5. The van der Waals surface area contributed by atoms with Gasteiger partial charge < -0.3 is 14.5 Å². The minimum atomic E-state index is -0.163. The highest BCUT2D eigenvalue weighted by Gasteiger charge is 2.31. The fourth-order valence-electron chi connectivity index (χ4n) is 3.61. The van der Waals surface area contributed by atoms with E-state index >= 15 is 0 Å². The van der Waals surface area contributed by atoms with E-state index in [1.165, 1.54) is 0 Å². The molecule has 28 heavy (non-hydrogen) atoms. The molecule has 0 bridgehead atoms. The zero-order valence-corrected chi connectivity index (χ0v) is 15.9. The number of hydrogen-bond acceptors (Lipinski definition) is 5. The second-order valence-electron chi connectivity index (χ2n) is 6.92. The Morgan fingerprint density at radius 3 is 3.00 bits per heavy atom. The van der Waals surface area contributed by atoms with Crippen molar-refractivity contribution in [3.8, 4) is 5.69 Å². The molecule has 7 nitrogen and oxygen atoms in total. The normalized spacial score (nSPS) is 17.1. The summed E-state index contributed by atoms with van der Waals surface area (Å²) in [6, 6.07) is 13.3. The fourth-order valence-corrected chi connectivity index (χ4v) is 3.61. The van der Waals surface area contributed by atoms with Gasteiger partial charge in [-0.25, -0.2) is 4.68 Å². The number of hydrogen-bond donors (Lipinski definition) is 1. The summed E-state index contributed by atoms with van der Waals surface area (Å²) in [6.45, 7) is 1.96. The largest absolute Gasteiger partial charge is 0.462 e. The van der Waals surface area contributed by atoms with Crippen LogP contribution in [0.25, 0.3) is 5.69 Å². The molecule has 3 aromatic rings. The van der Waals surface area contributed by atoms with Crippen molar-refractivity contribution in [3.05, 3.63) is 66.4 Å². The summed E-state index contributed by atoms with van der Waals surface area (Å²) in [6.07, 6.45) is 5.45. The van der Waals surface area contributed by atoms with Gasteiger partial charge in [0.15, 0.2) is 0 Å². The quantitative estimate of drug-likeness (QED) is 0.681. The maximum absolute atomic E-state index is 12.9. The summed E-state index contributed by atoms with van der Waals surface area (Å²) < 4.78 is 12.6. The van der Waals surface area contributed by atoms with E-state index in [2.05, 4.69) is 15.3 Å². The monoisotopic (exact) mass is 380 g/mol. The Balaban J connectivity index is 1.41. The van der Waals surface area contributed by atoms with Crippen LogP contribution in [-0.4, -0.2) is 40.3 Å². The van der Waals surface area contributed by atoms with E-state index < -0.39 is 0 Å². The molecular weight excluding hydrogens is 356 g/mol. The second-order valence-corrected chi connectivity index (χ2v) is 6.92. The summed E-state index contributed by atoms with van der Waals surface area (Å²) in [5, 5.41) is 7.29. The summed E-state index contributed by atoms with van der Waals surface area (Å²) in [7, 11) is 1.64. The van der Waals surface area contributed by atoms with Crippen LogP contribution in [0, 0.1) is 0 Å². The molecule has 0 saturated carbocycles. The Morgan fingerprint density at radius 1 is 1.29 bits per heavy atom. The van der Waals surface area contributed by atoms with Gasteiger partial charge in [-0.05, 0) is 55.8 Å². The van der Waals surface area contributed by atoms with Gasteiger partial charge in [0.1, 0.15) is 18.1 Å². The molecule has 2 aromatic heterocycles. The molecule has 1 amide bonds. The van der Waals surface area contributed by atoms with Gasteiger partial charge in [0, 0.05) is 25.2 Å². The van der Waals surface area contributed by atoms with Crippen molar-refractivity contribution >= 4 is 11.6 Å². The molecule has 4 rings (SSSR count). The molecule has 1 aliphatic rings. The molecule has 1 aromatic carbocycles. The number of likely N-dealkylation sites (tertiary alicyclic amines) is 1. The lowest BCUT2D eigenvalue weighted by atomic mass is 10.2.